The lowest BCUT2D eigenvalue weighted by atomic mass is 9.95. The molecular weight excluding hydrogens is 406 g/mol. The van der Waals surface area contributed by atoms with E-state index in [0.29, 0.717) is 36.0 Å². The molecule has 2 aliphatic rings. The largest absolute Gasteiger partial charge is 0.486 e. The summed E-state index contributed by atoms with van der Waals surface area (Å²) in [6.45, 7) is 2.00. The summed E-state index contributed by atoms with van der Waals surface area (Å²) in [5.41, 5.74) is -0.205. The van der Waals surface area contributed by atoms with Gasteiger partial charge in [-0.2, -0.15) is 11.3 Å². The minimum Gasteiger partial charge on any atom is -0.486 e. The van der Waals surface area contributed by atoms with E-state index in [1.54, 1.807) is 30.5 Å². The van der Waals surface area contributed by atoms with Crippen LogP contribution in [0.5, 0.6) is 11.5 Å². The maximum absolute atomic E-state index is 12.8. The highest BCUT2D eigenvalue weighted by Gasteiger charge is 2.49. The van der Waals surface area contributed by atoms with Gasteiger partial charge >= 0.3 is 6.03 Å². The Labute approximate surface area is 169 Å². The third-order valence-electron chi connectivity index (χ3n) is 4.58. The van der Waals surface area contributed by atoms with E-state index in [2.05, 4.69) is 10.6 Å². The first-order valence-corrected chi connectivity index (χ1v) is 9.76. The fraction of sp³-hybridized carbons (Fsp3) is 0.278. The lowest BCUT2D eigenvalue weighted by molar-refractivity contribution is -0.133. The molecule has 3 heterocycles. The van der Waals surface area contributed by atoms with Crippen molar-refractivity contribution in [2.75, 3.05) is 25.1 Å². The van der Waals surface area contributed by atoms with Crippen LogP contribution in [0.4, 0.5) is 10.5 Å². The van der Waals surface area contributed by atoms with Gasteiger partial charge in [-0.3, -0.25) is 14.5 Å². The van der Waals surface area contributed by atoms with Gasteiger partial charge in [-0.1, -0.05) is 11.6 Å². The second kappa shape index (κ2) is 6.99. The number of carbonyl (C=O) groups excluding carboxylic acids is 3. The summed E-state index contributed by atoms with van der Waals surface area (Å²) in [6.07, 6.45) is 0. The molecule has 1 saturated heterocycles. The van der Waals surface area contributed by atoms with Crippen molar-refractivity contribution in [3.05, 3.63) is 39.5 Å². The van der Waals surface area contributed by atoms with Crippen LogP contribution in [0.2, 0.25) is 5.02 Å². The fourth-order valence-electron chi connectivity index (χ4n) is 3.08. The molecule has 1 aromatic heterocycles. The van der Waals surface area contributed by atoms with E-state index in [9.17, 15) is 14.4 Å². The smallest absolute Gasteiger partial charge is 0.325 e. The monoisotopic (exact) mass is 421 g/mol. The second-order valence-electron chi connectivity index (χ2n) is 6.48. The molecular formula is C18H16ClN3O5S. The summed E-state index contributed by atoms with van der Waals surface area (Å²) in [5, 5.41) is 9.14. The van der Waals surface area contributed by atoms with Gasteiger partial charge in [0.2, 0.25) is 5.91 Å². The average molecular weight is 422 g/mol. The molecule has 0 radical (unpaired) electrons. The maximum Gasteiger partial charge on any atom is 0.325 e. The van der Waals surface area contributed by atoms with Crippen LogP contribution in [0.1, 0.15) is 12.5 Å². The Hall–Kier alpha value is -2.78. The zero-order valence-electron chi connectivity index (χ0n) is 14.8. The van der Waals surface area contributed by atoms with E-state index in [1.807, 2.05) is 5.38 Å². The molecule has 4 rings (SSSR count). The van der Waals surface area contributed by atoms with Crippen molar-refractivity contribution in [3.63, 3.8) is 0 Å². The van der Waals surface area contributed by atoms with E-state index in [-0.39, 0.29) is 5.02 Å². The van der Waals surface area contributed by atoms with Gasteiger partial charge in [0, 0.05) is 12.1 Å². The zero-order chi connectivity index (χ0) is 19.9. The fourth-order valence-corrected chi connectivity index (χ4v) is 4.04. The lowest BCUT2D eigenvalue weighted by Gasteiger charge is -2.21. The summed E-state index contributed by atoms with van der Waals surface area (Å²) in [5.74, 6) is -0.0863. The minimum absolute atomic E-state index is 0.262. The van der Waals surface area contributed by atoms with Crippen LogP contribution in [0.3, 0.4) is 0 Å². The number of nitrogens with zero attached hydrogens (tertiary/aromatic N) is 1. The Kier molecular flexibility index (Phi) is 4.64. The minimum atomic E-state index is -1.19. The van der Waals surface area contributed by atoms with Gasteiger partial charge in [-0.05, 0) is 29.3 Å². The van der Waals surface area contributed by atoms with Gasteiger partial charge in [0.1, 0.15) is 25.3 Å². The van der Waals surface area contributed by atoms with Gasteiger partial charge in [-0.25, -0.2) is 4.79 Å². The van der Waals surface area contributed by atoms with Crippen molar-refractivity contribution < 1.29 is 23.9 Å². The van der Waals surface area contributed by atoms with Crippen LogP contribution >= 0.6 is 22.9 Å². The number of halogens is 1. The summed E-state index contributed by atoms with van der Waals surface area (Å²) in [4.78, 5) is 38.4. The highest BCUT2D eigenvalue weighted by molar-refractivity contribution is 7.08. The third-order valence-corrected chi connectivity index (χ3v) is 5.58. The van der Waals surface area contributed by atoms with E-state index < -0.39 is 29.9 Å². The molecule has 1 atom stereocenters. The summed E-state index contributed by atoms with van der Waals surface area (Å²) in [7, 11) is 0. The number of fused-ring (bicyclic) bond motifs is 1. The first-order chi connectivity index (χ1) is 13.4. The van der Waals surface area contributed by atoms with Crippen LogP contribution in [0.15, 0.2) is 29.0 Å². The lowest BCUT2D eigenvalue weighted by Crippen LogP contribution is -2.41. The van der Waals surface area contributed by atoms with E-state index >= 15 is 0 Å². The van der Waals surface area contributed by atoms with Gasteiger partial charge in [0.15, 0.2) is 11.5 Å². The number of thiophene rings is 1. The first-order valence-electron chi connectivity index (χ1n) is 8.44. The number of amides is 4. The van der Waals surface area contributed by atoms with Crippen molar-refractivity contribution in [1.29, 1.82) is 0 Å². The number of urea groups is 1. The van der Waals surface area contributed by atoms with Crippen LogP contribution in [-0.4, -0.2) is 42.5 Å². The number of anilines is 1. The summed E-state index contributed by atoms with van der Waals surface area (Å²) in [6, 6.07) is 4.24. The number of benzene rings is 1. The molecule has 28 heavy (non-hydrogen) atoms. The molecule has 0 saturated carbocycles. The molecule has 0 aliphatic carbocycles. The Morgan fingerprint density at radius 1 is 1.32 bits per heavy atom. The number of carbonyl (C=O) groups is 3. The van der Waals surface area contributed by atoms with Crippen LogP contribution in [0, 0.1) is 0 Å². The Bertz CT molecular complexity index is 964. The quantitative estimate of drug-likeness (QED) is 0.739. The van der Waals surface area contributed by atoms with E-state index in [4.69, 9.17) is 21.1 Å². The van der Waals surface area contributed by atoms with Gasteiger partial charge in [-0.15, -0.1) is 0 Å². The molecule has 0 bridgehead atoms. The first kappa shape index (κ1) is 18.6. The normalized spacial score (nSPS) is 20.9. The zero-order valence-corrected chi connectivity index (χ0v) is 16.4. The molecule has 2 aromatic rings. The average Bonchev–Trinajstić information content (AvgIpc) is 3.27. The number of ether oxygens (including phenoxy) is 2. The number of hydrogen-bond acceptors (Lipinski definition) is 6. The van der Waals surface area contributed by atoms with Gasteiger partial charge < -0.3 is 20.1 Å². The molecule has 0 spiro atoms. The Balaban J connectivity index is 1.48. The topological polar surface area (TPSA) is 97.0 Å². The highest BCUT2D eigenvalue weighted by atomic mass is 35.5. The van der Waals surface area contributed by atoms with E-state index in [0.717, 1.165) is 4.90 Å². The number of hydrogen-bond donors (Lipinski definition) is 2. The number of nitrogens with one attached hydrogen (secondary N) is 2. The summed E-state index contributed by atoms with van der Waals surface area (Å²) < 4.78 is 10.9. The Morgan fingerprint density at radius 3 is 2.71 bits per heavy atom. The van der Waals surface area contributed by atoms with Crippen molar-refractivity contribution in [2.24, 2.45) is 0 Å². The molecule has 2 aliphatic heterocycles. The van der Waals surface area contributed by atoms with Gasteiger partial charge in [0.05, 0.1) is 10.7 Å². The molecule has 10 heteroatoms. The molecule has 1 unspecified atom stereocenters. The molecule has 146 valence electrons. The highest BCUT2D eigenvalue weighted by Crippen LogP contribution is 2.38. The number of rotatable bonds is 4. The third kappa shape index (κ3) is 3.16. The predicted molar refractivity (Wildman–Crippen MR) is 103 cm³/mol. The van der Waals surface area contributed by atoms with Crippen LogP contribution in [-0.2, 0) is 15.1 Å². The standard InChI is InChI=1S/C18H16ClN3O5S/c1-18(10-2-5-28-9-10)16(24)22(17(25)21-18)8-15(23)20-12-7-14-13(6-11(12)19)26-3-4-27-14/h2,5-7,9H,3-4,8H2,1H3,(H,20,23)(H,21,25). The van der Waals surface area contributed by atoms with Crippen molar-refractivity contribution in [3.8, 4) is 11.5 Å². The van der Waals surface area contributed by atoms with Crippen LogP contribution in [0.25, 0.3) is 0 Å². The van der Waals surface area contributed by atoms with Gasteiger partial charge in [0.25, 0.3) is 5.91 Å². The SMILES string of the molecule is CC1(c2ccsc2)NC(=O)N(CC(=O)Nc2cc3c(cc2Cl)OCCO3)C1=O. The van der Waals surface area contributed by atoms with Crippen molar-refractivity contribution in [1.82, 2.24) is 10.2 Å². The second-order valence-corrected chi connectivity index (χ2v) is 7.67. The van der Waals surface area contributed by atoms with E-state index in [1.165, 1.54) is 11.3 Å². The maximum atomic E-state index is 12.8. The summed E-state index contributed by atoms with van der Waals surface area (Å²) >= 11 is 7.60. The van der Waals surface area contributed by atoms with Crippen molar-refractivity contribution >= 4 is 46.5 Å². The van der Waals surface area contributed by atoms with Crippen LogP contribution < -0.4 is 20.1 Å². The molecule has 4 amide bonds. The van der Waals surface area contributed by atoms with Crippen molar-refractivity contribution in [2.45, 2.75) is 12.5 Å². The predicted octanol–water partition coefficient (Wildman–Crippen LogP) is 2.58. The molecule has 1 fully saturated rings. The molecule has 2 N–H and O–H groups in total. The molecule has 1 aromatic carbocycles. The molecule has 8 nitrogen and oxygen atoms in total. The number of imide groups is 1. The Morgan fingerprint density at radius 2 is 2.04 bits per heavy atom.